The molecule has 24 heavy (non-hydrogen) atoms. The van der Waals surface area contributed by atoms with Crippen molar-refractivity contribution in [2.75, 3.05) is 33.3 Å². The Morgan fingerprint density at radius 2 is 2.04 bits per heavy atom. The number of hydrogen-bond donors (Lipinski definition) is 1. The van der Waals surface area contributed by atoms with Crippen LogP contribution in [0.3, 0.4) is 0 Å². The molecule has 134 valence electrons. The molecule has 1 amide bonds. The number of carbonyl (C=O) groups is 1. The Morgan fingerprint density at radius 3 is 2.67 bits per heavy atom. The van der Waals surface area contributed by atoms with Crippen LogP contribution in [0.1, 0.15) is 32.3 Å². The first-order valence-corrected chi connectivity index (χ1v) is 9.17. The van der Waals surface area contributed by atoms with Gasteiger partial charge in [-0.25, -0.2) is 0 Å². The van der Waals surface area contributed by atoms with E-state index in [1.54, 1.807) is 7.11 Å². The van der Waals surface area contributed by atoms with E-state index in [0.717, 1.165) is 43.6 Å². The molecular formula is C19H29ClN2O2. The fourth-order valence-corrected chi connectivity index (χ4v) is 3.82. The van der Waals surface area contributed by atoms with Crippen molar-refractivity contribution in [3.63, 3.8) is 0 Å². The van der Waals surface area contributed by atoms with Crippen LogP contribution in [0, 0.1) is 11.8 Å². The highest BCUT2D eigenvalue weighted by Gasteiger charge is 2.21. The van der Waals surface area contributed by atoms with Crippen molar-refractivity contribution in [1.82, 2.24) is 10.2 Å². The van der Waals surface area contributed by atoms with E-state index < -0.39 is 0 Å². The second kappa shape index (κ2) is 9.28. The van der Waals surface area contributed by atoms with Crippen LogP contribution in [-0.4, -0.2) is 44.1 Å². The third kappa shape index (κ3) is 5.99. The SMILES string of the molecule is COc1ccc(CCC(=O)NCCN2CC(C)CC(C)C2)cc1Cl. The lowest BCUT2D eigenvalue weighted by molar-refractivity contribution is -0.121. The summed E-state index contributed by atoms with van der Waals surface area (Å²) >= 11 is 6.11. The topological polar surface area (TPSA) is 41.6 Å². The Labute approximate surface area is 150 Å². The number of hydrogen-bond acceptors (Lipinski definition) is 3. The smallest absolute Gasteiger partial charge is 0.220 e. The van der Waals surface area contributed by atoms with Crippen molar-refractivity contribution in [1.29, 1.82) is 0 Å². The number of nitrogens with one attached hydrogen (secondary N) is 1. The van der Waals surface area contributed by atoms with Crippen molar-refractivity contribution in [2.24, 2.45) is 11.8 Å². The number of aryl methyl sites for hydroxylation is 1. The highest BCUT2D eigenvalue weighted by atomic mass is 35.5. The highest BCUT2D eigenvalue weighted by Crippen LogP contribution is 2.25. The normalized spacial score (nSPS) is 21.5. The van der Waals surface area contributed by atoms with Crippen LogP contribution in [0.4, 0.5) is 0 Å². The number of nitrogens with zero attached hydrogens (tertiary/aromatic N) is 1. The molecule has 0 aliphatic carbocycles. The van der Waals surface area contributed by atoms with Gasteiger partial charge in [-0.1, -0.05) is 31.5 Å². The second-order valence-electron chi connectivity index (χ2n) is 7.02. The van der Waals surface area contributed by atoms with E-state index >= 15 is 0 Å². The molecular weight excluding hydrogens is 324 g/mol. The summed E-state index contributed by atoms with van der Waals surface area (Å²) in [5, 5.41) is 3.62. The molecule has 0 bridgehead atoms. The molecule has 1 fully saturated rings. The lowest BCUT2D eigenvalue weighted by Crippen LogP contribution is -2.42. The third-order valence-electron chi connectivity index (χ3n) is 4.55. The van der Waals surface area contributed by atoms with Gasteiger partial charge in [0.25, 0.3) is 0 Å². The fraction of sp³-hybridized carbons (Fsp3) is 0.632. The van der Waals surface area contributed by atoms with Gasteiger partial charge >= 0.3 is 0 Å². The van der Waals surface area contributed by atoms with Gasteiger partial charge in [-0.2, -0.15) is 0 Å². The highest BCUT2D eigenvalue weighted by molar-refractivity contribution is 6.32. The predicted molar refractivity (Wildman–Crippen MR) is 98.7 cm³/mol. The zero-order valence-corrected chi connectivity index (χ0v) is 15.7. The van der Waals surface area contributed by atoms with Crippen molar-refractivity contribution >= 4 is 17.5 Å². The number of rotatable bonds is 7. The molecule has 0 spiro atoms. The van der Waals surface area contributed by atoms with Crippen LogP contribution in [0.5, 0.6) is 5.75 Å². The van der Waals surface area contributed by atoms with Gasteiger partial charge in [0.2, 0.25) is 5.91 Å². The maximum atomic E-state index is 12.0. The minimum Gasteiger partial charge on any atom is -0.495 e. The van der Waals surface area contributed by atoms with Gasteiger partial charge in [0.05, 0.1) is 12.1 Å². The lowest BCUT2D eigenvalue weighted by atomic mass is 9.92. The fourth-order valence-electron chi connectivity index (χ4n) is 3.54. The summed E-state index contributed by atoms with van der Waals surface area (Å²) in [5.41, 5.74) is 1.05. The van der Waals surface area contributed by atoms with E-state index in [2.05, 4.69) is 24.1 Å². The largest absolute Gasteiger partial charge is 0.495 e. The Hall–Kier alpha value is -1.26. The van der Waals surface area contributed by atoms with Gasteiger partial charge in [-0.15, -0.1) is 0 Å². The number of halogens is 1. The number of piperidine rings is 1. The van der Waals surface area contributed by atoms with Gasteiger partial charge in [0, 0.05) is 32.6 Å². The molecule has 2 rings (SSSR count). The first-order chi connectivity index (χ1) is 11.5. The van der Waals surface area contributed by atoms with Crippen molar-refractivity contribution in [2.45, 2.75) is 33.1 Å². The Kier molecular flexibility index (Phi) is 7.38. The van der Waals surface area contributed by atoms with Gasteiger partial charge in [0.1, 0.15) is 5.75 Å². The minimum atomic E-state index is 0.0973. The van der Waals surface area contributed by atoms with E-state index in [-0.39, 0.29) is 5.91 Å². The second-order valence-corrected chi connectivity index (χ2v) is 7.43. The molecule has 1 aromatic rings. The zero-order valence-electron chi connectivity index (χ0n) is 15.0. The Morgan fingerprint density at radius 1 is 1.33 bits per heavy atom. The number of amides is 1. The maximum absolute atomic E-state index is 12.0. The molecule has 2 atom stereocenters. The predicted octanol–water partition coefficient (Wildman–Crippen LogP) is 3.38. The van der Waals surface area contributed by atoms with Crippen molar-refractivity contribution in [3.05, 3.63) is 28.8 Å². The summed E-state index contributed by atoms with van der Waals surface area (Å²) in [4.78, 5) is 14.5. The van der Waals surface area contributed by atoms with Crippen LogP contribution in [0.2, 0.25) is 5.02 Å². The van der Waals surface area contributed by atoms with Crippen LogP contribution < -0.4 is 10.1 Å². The van der Waals surface area contributed by atoms with Gasteiger partial charge < -0.3 is 15.0 Å². The molecule has 1 aliphatic heterocycles. The van der Waals surface area contributed by atoms with Crippen LogP contribution in [-0.2, 0) is 11.2 Å². The molecule has 1 aromatic carbocycles. The van der Waals surface area contributed by atoms with Crippen molar-refractivity contribution < 1.29 is 9.53 Å². The van der Waals surface area contributed by atoms with Gasteiger partial charge in [-0.3, -0.25) is 4.79 Å². The summed E-state index contributed by atoms with van der Waals surface area (Å²) in [6.07, 6.45) is 2.48. The Balaban J connectivity index is 1.67. The first-order valence-electron chi connectivity index (χ1n) is 8.79. The maximum Gasteiger partial charge on any atom is 0.220 e. The monoisotopic (exact) mass is 352 g/mol. The standard InChI is InChI=1S/C19H29ClN2O2/c1-14-10-15(2)13-22(12-14)9-8-21-19(23)7-5-16-4-6-18(24-3)17(20)11-16/h4,6,11,14-15H,5,7-10,12-13H2,1-3H3,(H,21,23). The van der Waals surface area contributed by atoms with E-state index in [9.17, 15) is 4.79 Å². The molecule has 2 unspecified atom stereocenters. The van der Waals surface area contributed by atoms with Crippen molar-refractivity contribution in [3.8, 4) is 5.75 Å². The molecule has 5 heteroatoms. The first kappa shape index (κ1) is 19.1. The summed E-state index contributed by atoms with van der Waals surface area (Å²) in [6, 6.07) is 5.66. The Bertz CT molecular complexity index is 540. The summed E-state index contributed by atoms with van der Waals surface area (Å²) in [6.45, 7) is 8.56. The number of ether oxygens (including phenoxy) is 1. The number of benzene rings is 1. The van der Waals surface area contributed by atoms with E-state index in [1.807, 2.05) is 18.2 Å². The quantitative estimate of drug-likeness (QED) is 0.818. The molecule has 0 saturated carbocycles. The number of carbonyl (C=O) groups excluding carboxylic acids is 1. The number of likely N-dealkylation sites (tertiary alicyclic amines) is 1. The molecule has 1 saturated heterocycles. The third-order valence-corrected chi connectivity index (χ3v) is 4.85. The van der Waals surface area contributed by atoms with Gasteiger partial charge in [0.15, 0.2) is 0 Å². The van der Waals surface area contributed by atoms with Crippen LogP contribution >= 0.6 is 11.6 Å². The van der Waals surface area contributed by atoms with E-state index in [4.69, 9.17) is 16.3 Å². The lowest BCUT2D eigenvalue weighted by Gasteiger charge is -2.34. The van der Waals surface area contributed by atoms with E-state index in [1.165, 1.54) is 6.42 Å². The molecule has 1 heterocycles. The van der Waals surface area contributed by atoms with Crippen LogP contribution in [0.25, 0.3) is 0 Å². The average Bonchev–Trinajstić information content (AvgIpc) is 2.52. The zero-order chi connectivity index (χ0) is 17.5. The molecule has 1 N–H and O–H groups in total. The molecule has 0 aromatic heterocycles. The molecule has 4 nitrogen and oxygen atoms in total. The molecule has 0 radical (unpaired) electrons. The summed E-state index contributed by atoms with van der Waals surface area (Å²) in [5.74, 6) is 2.27. The van der Waals surface area contributed by atoms with Crippen LogP contribution in [0.15, 0.2) is 18.2 Å². The summed E-state index contributed by atoms with van der Waals surface area (Å²) < 4.78 is 5.14. The van der Waals surface area contributed by atoms with Gasteiger partial charge in [-0.05, 0) is 42.4 Å². The molecule has 1 aliphatic rings. The average molecular weight is 353 g/mol. The number of methoxy groups -OCH3 is 1. The summed E-state index contributed by atoms with van der Waals surface area (Å²) in [7, 11) is 1.60. The van der Waals surface area contributed by atoms with E-state index in [0.29, 0.717) is 23.6 Å². The minimum absolute atomic E-state index is 0.0973.